The van der Waals surface area contributed by atoms with Gasteiger partial charge in [-0.05, 0) is 25.0 Å². The third-order valence-corrected chi connectivity index (χ3v) is 7.33. The van der Waals surface area contributed by atoms with Crippen molar-refractivity contribution < 1.29 is 8.42 Å². The molecule has 2 aliphatic rings. The topological polar surface area (TPSA) is 95.9 Å². The number of piperidine rings is 1. The Balaban J connectivity index is 1.37. The standard InChI is InChI=1S/C17H20N6O2S/c24-26(25,16-11-20-17-14(16)2-1-5-19-17)22-6-3-13(4-7-22)23-15-10-18-8-12(15)9-21-23/h1-2,5,9,11,13,18H,3-4,6-8,10H2,(H,19,20). The number of fused-ring (bicyclic) bond motifs is 2. The summed E-state index contributed by atoms with van der Waals surface area (Å²) >= 11 is 0. The molecule has 9 heteroatoms. The molecular formula is C17H20N6O2S. The van der Waals surface area contributed by atoms with E-state index in [1.807, 2.05) is 6.20 Å². The van der Waals surface area contributed by atoms with Crippen LogP contribution in [0.3, 0.4) is 0 Å². The van der Waals surface area contributed by atoms with Crippen LogP contribution in [0.15, 0.2) is 35.6 Å². The van der Waals surface area contributed by atoms with Crippen LogP contribution in [0.2, 0.25) is 0 Å². The van der Waals surface area contributed by atoms with Gasteiger partial charge in [0.15, 0.2) is 0 Å². The van der Waals surface area contributed by atoms with Crippen molar-refractivity contribution in [3.63, 3.8) is 0 Å². The minimum absolute atomic E-state index is 0.259. The fourth-order valence-corrected chi connectivity index (χ4v) is 5.63. The summed E-state index contributed by atoms with van der Waals surface area (Å²) in [5.41, 5.74) is 3.10. The van der Waals surface area contributed by atoms with Gasteiger partial charge in [-0.3, -0.25) is 4.68 Å². The maximum absolute atomic E-state index is 13.1. The van der Waals surface area contributed by atoms with Crippen molar-refractivity contribution in [2.45, 2.75) is 36.9 Å². The Bertz CT molecular complexity index is 1060. The minimum atomic E-state index is -3.53. The van der Waals surface area contributed by atoms with Gasteiger partial charge in [-0.1, -0.05) is 0 Å². The molecule has 26 heavy (non-hydrogen) atoms. The van der Waals surface area contributed by atoms with Gasteiger partial charge in [-0.25, -0.2) is 13.4 Å². The largest absolute Gasteiger partial charge is 0.345 e. The lowest BCUT2D eigenvalue weighted by molar-refractivity contribution is 0.257. The lowest BCUT2D eigenvalue weighted by atomic mass is 10.1. The van der Waals surface area contributed by atoms with Crippen LogP contribution >= 0.6 is 0 Å². The molecule has 1 saturated heterocycles. The average Bonchev–Trinajstić information content (AvgIpc) is 3.37. The summed E-state index contributed by atoms with van der Waals surface area (Å²) in [4.78, 5) is 7.45. The molecule has 1 fully saturated rings. The number of H-pyrrole nitrogens is 1. The molecule has 0 amide bonds. The first-order valence-corrected chi connectivity index (χ1v) is 10.3. The summed E-state index contributed by atoms with van der Waals surface area (Å²) in [6, 6.07) is 3.81. The Morgan fingerprint density at radius 1 is 1.19 bits per heavy atom. The van der Waals surface area contributed by atoms with Crippen molar-refractivity contribution in [3.8, 4) is 0 Å². The molecule has 0 unspecified atom stereocenters. The summed E-state index contributed by atoms with van der Waals surface area (Å²) in [7, 11) is -3.53. The van der Waals surface area contributed by atoms with E-state index in [2.05, 4.69) is 25.1 Å². The van der Waals surface area contributed by atoms with Gasteiger partial charge >= 0.3 is 0 Å². The van der Waals surface area contributed by atoms with Gasteiger partial charge in [-0.2, -0.15) is 9.40 Å². The second-order valence-electron chi connectivity index (χ2n) is 6.85. The number of pyridine rings is 1. The quantitative estimate of drug-likeness (QED) is 0.724. The average molecular weight is 372 g/mol. The van der Waals surface area contributed by atoms with Crippen LogP contribution in [-0.2, 0) is 23.1 Å². The number of nitrogens with zero attached hydrogens (tertiary/aromatic N) is 4. The first-order valence-electron chi connectivity index (χ1n) is 8.83. The molecule has 0 spiro atoms. The van der Waals surface area contributed by atoms with Crippen molar-refractivity contribution in [1.82, 2.24) is 29.4 Å². The number of rotatable bonds is 3. The van der Waals surface area contributed by atoms with Crippen LogP contribution in [-0.4, -0.2) is 45.6 Å². The maximum Gasteiger partial charge on any atom is 0.245 e. The first-order chi connectivity index (χ1) is 12.6. The van der Waals surface area contributed by atoms with E-state index in [4.69, 9.17) is 0 Å². The summed E-state index contributed by atoms with van der Waals surface area (Å²) in [5, 5.41) is 8.52. The molecule has 2 aliphatic heterocycles. The van der Waals surface area contributed by atoms with E-state index in [0.29, 0.717) is 29.0 Å². The van der Waals surface area contributed by atoms with Gasteiger partial charge in [-0.15, -0.1) is 0 Å². The number of sulfonamides is 1. The Morgan fingerprint density at radius 2 is 2.04 bits per heavy atom. The van der Waals surface area contributed by atoms with Gasteiger partial charge in [0.1, 0.15) is 10.5 Å². The van der Waals surface area contributed by atoms with Gasteiger partial charge in [0.05, 0.1) is 17.9 Å². The number of hydrogen-bond acceptors (Lipinski definition) is 5. The zero-order chi connectivity index (χ0) is 17.7. The van der Waals surface area contributed by atoms with Gasteiger partial charge in [0.25, 0.3) is 0 Å². The zero-order valence-corrected chi connectivity index (χ0v) is 15.0. The molecule has 0 aromatic carbocycles. The highest BCUT2D eigenvalue weighted by Gasteiger charge is 2.33. The summed E-state index contributed by atoms with van der Waals surface area (Å²) in [6.07, 6.45) is 6.67. The highest BCUT2D eigenvalue weighted by molar-refractivity contribution is 7.89. The van der Waals surface area contributed by atoms with Gasteiger partial charge in [0, 0.05) is 49.5 Å². The number of aromatic nitrogens is 4. The highest BCUT2D eigenvalue weighted by atomic mass is 32.2. The lowest BCUT2D eigenvalue weighted by Gasteiger charge is -2.31. The minimum Gasteiger partial charge on any atom is -0.345 e. The van der Waals surface area contributed by atoms with Crippen molar-refractivity contribution >= 4 is 21.1 Å². The molecule has 2 N–H and O–H groups in total. The molecule has 0 radical (unpaired) electrons. The first kappa shape index (κ1) is 16.0. The monoisotopic (exact) mass is 372 g/mol. The zero-order valence-electron chi connectivity index (χ0n) is 14.2. The van der Waals surface area contributed by atoms with Crippen molar-refractivity contribution in [1.29, 1.82) is 0 Å². The van der Waals surface area contributed by atoms with Crippen molar-refractivity contribution in [2.75, 3.05) is 13.1 Å². The molecule has 0 aliphatic carbocycles. The van der Waals surface area contributed by atoms with E-state index in [9.17, 15) is 8.42 Å². The van der Waals surface area contributed by atoms with Crippen LogP contribution in [0, 0.1) is 0 Å². The third kappa shape index (κ3) is 2.38. The predicted molar refractivity (Wildman–Crippen MR) is 95.9 cm³/mol. The molecular weight excluding hydrogens is 352 g/mol. The summed E-state index contributed by atoms with van der Waals surface area (Å²) in [6.45, 7) is 2.72. The normalized spacial score (nSPS) is 19.2. The SMILES string of the molecule is O=S(=O)(c1c[nH]c2ncccc12)N1CCC(n2ncc3c2CNC3)CC1. The van der Waals surface area contributed by atoms with E-state index in [-0.39, 0.29) is 6.04 Å². The Kier molecular flexibility index (Phi) is 3.63. The Labute approximate surface area is 151 Å². The second kappa shape index (κ2) is 5.90. The molecule has 136 valence electrons. The number of aromatic amines is 1. The molecule has 5 heterocycles. The van der Waals surface area contributed by atoms with Crippen LogP contribution in [0.1, 0.15) is 30.1 Å². The number of nitrogens with one attached hydrogen (secondary N) is 2. The molecule has 5 rings (SSSR count). The molecule has 0 bridgehead atoms. The van der Waals surface area contributed by atoms with E-state index >= 15 is 0 Å². The van der Waals surface area contributed by atoms with E-state index < -0.39 is 10.0 Å². The fraction of sp³-hybridized carbons (Fsp3) is 0.412. The van der Waals surface area contributed by atoms with Crippen LogP contribution in [0.25, 0.3) is 11.0 Å². The summed E-state index contributed by atoms with van der Waals surface area (Å²) < 4.78 is 29.9. The van der Waals surface area contributed by atoms with E-state index in [1.54, 1.807) is 28.8 Å². The van der Waals surface area contributed by atoms with Crippen LogP contribution in [0.4, 0.5) is 0 Å². The van der Waals surface area contributed by atoms with Crippen LogP contribution in [0.5, 0.6) is 0 Å². The second-order valence-corrected chi connectivity index (χ2v) is 8.76. The summed E-state index contributed by atoms with van der Waals surface area (Å²) in [5.74, 6) is 0. The Hall–Kier alpha value is -2.23. The highest BCUT2D eigenvalue weighted by Crippen LogP contribution is 2.31. The van der Waals surface area contributed by atoms with E-state index in [1.165, 1.54) is 11.3 Å². The van der Waals surface area contributed by atoms with Crippen LogP contribution < -0.4 is 5.32 Å². The fourth-order valence-electron chi connectivity index (χ4n) is 4.01. The Morgan fingerprint density at radius 3 is 2.88 bits per heavy atom. The van der Waals surface area contributed by atoms with Gasteiger partial charge in [0.2, 0.25) is 10.0 Å². The molecule has 3 aromatic heterocycles. The van der Waals surface area contributed by atoms with Crippen molar-refractivity contribution in [2.24, 2.45) is 0 Å². The molecule has 0 atom stereocenters. The number of hydrogen-bond donors (Lipinski definition) is 2. The van der Waals surface area contributed by atoms with Crippen molar-refractivity contribution in [3.05, 3.63) is 42.0 Å². The van der Waals surface area contributed by atoms with Gasteiger partial charge < -0.3 is 10.3 Å². The van der Waals surface area contributed by atoms with E-state index in [0.717, 1.165) is 25.9 Å². The maximum atomic E-state index is 13.1. The smallest absolute Gasteiger partial charge is 0.245 e. The molecule has 3 aromatic rings. The molecule has 8 nitrogen and oxygen atoms in total. The lowest BCUT2D eigenvalue weighted by Crippen LogP contribution is -2.39. The molecule has 0 saturated carbocycles. The predicted octanol–water partition coefficient (Wildman–Crippen LogP) is 1.39. The third-order valence-electron chi connectivity index (χ3n) is 5.39.